The number of ether oxygens (including phenoxy) is 1. The van der Waals surface area contributed by atoms with Gasteiger partial charge in [-0.25, -0.2) is 0 Å². The van der Waals surface area contributed by atoms with Crippen LogP contribution in [0.4, 0.5) is 5.69 Å². The van der Waals surface area contributed by atoms with Gasteiger partial charge in [-0.15, -0.1) is 0 Å². The van der Waals surface area contributed by atoms with Gasteiger partial charge in [-0.1, -0.05) is 18.2 Å². The molecule has 2 heterocycles. The van der Waals surface area contributed by atoms with Crippen LogP contribution in [0.3, 0.4) is 0 Å². The molecule has 2 N–H and O–H groups in total. The van der Waals surface area contributed by atoms with Gasteiger partial charge in [-0.05, 0) is 18.1 Å². The molecule has 2 aliphatic rings. The van der Waals surface area contributed by atoms with Crippen LogP contribution in [0, 0.1) is 5.92 Å². The minimum atomic E-state index is -0.121. The fraction of sp³-hybridized carbons (Fsp3) is 0.500. The summed E-state index contributed by atoms with van der Waals surface area (Å²) >= 11 is 0. The van der Waals surface area contributed by atoms with Crippen LogP contribution in [0.15, 0.2) is 24.3 Å². The second-order valence-corrected chi connectivity index (χ2v) is 5.03. The molecule has 2 aliphatic heterocycles. The molecule has 4 nitrogen and oxygen atoms in total. The average Bonchev–Trinajstić information content (AvgIpc) is 3.04. The first-order chi connectivity index (χ1) is 8.83. The minimum absolute atomic E-state index is 0.0955. The standard InChI is InChI=1S/C14H18N2O2/c17-14(15-8-10-5-6-18-9-10)13-7-11-3-1-2-4-12(11)16-13/h1-4,10,13,16H,5-9H2,(H,15,17). The number of carbonyl (C=O) groups excluding carboxylic acids is 1. The smallest absolute Gasteiger partial charge is 0.242 e. The Morgan fingerprint density at radius 2 is 2.33 bits per heavy atom. The van der Waals surface area contributed by atoms with E-state index in [0.29, 0.717) is 5.92 Å². The zero-order valence-electron chi connectivity index (χ0n) is 10.3. The molecule has 0 bridgehead atoms. The van der Waals surface area contributed by atoms with Gasteiger partial charge in [-0.3, -0.25) is 4.79 Å². The fourth-order valence-electron chi connectivity index (χ4n) is 2.57. The molecule has 4 heteroatoms. The predicted octanol–water partition coefficient (Wildman–Crippen LogP) is 1.18. The number of hydrogen-bond donors (Lipinski definition) is 2. The zero-order chi connectivity index (χ0) is 12.4. The van der Waals surface area contributed by atoms with E-state index in [-0.39, 0.29) is 11.9 Å². The van der Waals surface area contributed by atoms with Crippen LogP contribution in [0.25, 0.3) is 0 Å². The van der Waals surface area contributed by atoms with E-state index in [1.54, 1.807) is 0 Å². The molecule has 3 rings (SSSR count). The lowest BCUT2D eigenvalue weighted by molar-refractivity contribution is -0.121. The van der Waals surface area contributed by atoms with Crippen molar-refractivity contribution in [2.45, 2.75) is 18.9 Å². The molecule has 0 aromatic heterocycles. The molecule has 96 valence electrons. The summed E-state index contributed by atoms with van der Waals surface area (Å²) in [4.78, 5) is 12.1. The highest BCUT2D eigenvalue weighted by Crippen LogP contribution is 2.25. The highest BCUT2D eigenvalue weighted by Gasteiger charge is 2.26. The van der Waals surface area contributed by atoms with Gasteiger partial charge in [0, 0.05) is 31.2 Å². The Morgan fingerprint density at radius 3 is 3.11 bits per heavy atom. The van der Waals surface area contributed by atoms with Gasteiger partial charge in [0.25, 0.3) is 0 Å². The van der Waals surface area contributed by atoms with Crippen LogP contribution in [0.1, 0.15) is 12.0 Å². The summed E-state index contributed by atoms with van der Waals surface area (Å²) in [6.07, 6.45) is 1.84. The number of carbonyl (C=O) groups is 1. The van der Waals surface area contributed by atoms with E-state index < -0.39 is 0 Å². The normalized spacial score (nSPS) is 25.6. The van der Waals surface area contributed by atoms with Crippen molar-refractivity contribution in [1.82, 2.24) is 5.32 Å². The molecule has 1 saturated heterocycles. The summed E-state index contributed by atoms with van der Waals surface area (Å²) in [6, 6.07) is 7.97. The SMILES string of the molecule is O=C(NCC1CCOC1)C1Cc2ccccc2N1. The number of amides is 1. The molecule has 1 aromatic rings. The number of para-hydroxylation sites is 1. The van der Waals surface area contributed by atoms with E-state index in [1.807, 2.05) is 18.2 Å². The van der Waals surface area contributed by atoms with Crippen molar-refractivity contribution in [3.05, 3.63) is 29.8 Å². The van der Waals surface area contributed by atoms with Gasteiger partial charge in [0.2, 0.25) is 5.91 Å². The first kappa shape index (κ1) is 11.5. The van der Waals surface area contributed by atoms with E-state index in [0.717, 1.165) is 38.3 Å². The molecule has 18 heavy (non-hydrogen) atoms. The van der Waals surface area contributed by atoms with E-state index in [9.17, 15) is 4.79 Å². The van der Waals surface area contributed by atoms with Crippen LogP contribution in [-0.4, -0.2) is 31.7 Å². The van der Waals surface area contributed by atoms with Gasteiger partial charge in [0.1, 0.15) is 6.04 Å². The number of nitrogens with one attached hydrogen (secondary N) is 2. The third-order valence-corrected chi connectivity index (χ3v) is 3.68. The molecular weight excluding hydrogens is 228 g/mol. The zero-order valence-corrected chi connectivity index (χ0v) is 10.3. The van der Waals surface area contributed by atoms with Crippen molar-refractivity contribution in [3.8, 4) is 0 Å². The molecule has 0 radical (unpaired) electrons. The topological polar surface area (TPSA) is 50.4 Å². The van der Waals surface area contributed by atoms with Gasteiger partial charge >= 0.3 is 0 Å². The highest BCUT2D eigenvalue weighted by atomic mass is 16.5. The molecule has 0 aliphatic carbocycles. The Balaban J connectivity index is 1.52. The van der Waals surface area contributed by atoms with Crippen molar-refractivity contribution >= 4 is 11.6 Å². The predicted molar refractivity (Wildman–Crippen MR) is 69.5 cm³/mol. The molecule has 1 fully saturated rings. The maximum absolute atomic E-state index is 12.1. The van der Waals surface area contributed by atoms with Gasteiger partial charge in [0.15, 0.2) is 0 Å². The van der Waals surface area contributed by atoms with E-state index in [1.165, 1.54) is 5.56 Å². The lowest BCUT2D eigenvalue weighted by Crippen LogP contribution is -2.40. The summed E-state index contributed by atoms with van der Waals surface area (Å²) in [6.45, 7) is 2.33. The van der Waals surface area contributed by atoms with Crippen molar-refractivity contribution < 1.29 is 9.53 Å². The molecular formula is C14H18N2O2. The number of benzene rings is 1. The number of fused-ring (bicyclic) bond motifs is 1. The lowest BCUT2D eigenvalue weighted by atomic mass is 10.1. The van der Waals surface area contributed by atoms with Crippen molar-refractivity contribution in [1.29, 1.82) is 0 Å². The molecule has 0 spiro atoms. The average molecular weight is 246 g/mol. The summed E-state index contributed by atoms with van der Waals surface area (Å²) in [5.41, 5.74) is 2.31. The lowest BCUT2D eigenvalue weighted by Gasteiger charge is -2.14. The molecule has 2 atom stereocenters. The monoisotopic (exact) mass is 246 g/mol. The van der Waals surface area contributed by atoms with Crippen LogP contribution in [-0.2, 0) is 16.0 Å². The second-order valence-electron chi connectivity index (χ2n) is 5.03. The summed E-state index contributed by atoms with van der Waals surface area (Å²) in [5, 5.41) is 6.29. The van der Waals surface area contributed by atoms with Gasteiger partial charge in [-0.2, -0.15) is 0 Å². The summed E-state index contributed by atoms with van der Waals surface area (Å²) < 4.78 is 5.30. The fourth-order valence-corrected chi connectivity index (χ4v) is 2.57. The first-order valence-corrected chi connectivity index (χ1v) is 6.53. The summed E-state index contributed by atoms with van der Waals surface area (Å²) in [7, 11) is 0. The molecule has 2 unspecified atom stereocenters. The Morgan fingerprint density at radius 1 is 1.44 bits per heavy atom. The molecule has 1 aromatic carbocycles. The minimum Gasteiger partial charge on any atom is -0.381 e. The maximum atomic E-state index is 12.1. The second kappa shape index (κ2) is 4.98. The van der Waals surface area contributed by atoms with E-state index in [2.05, 4.69) is 16.7 Å². The Bertz CT molecular complexity index is 416. The molecule has 1 amide bonds. The third kappa shape index (κ3) is 2.34. The van der Waals surface area contributed by atoms with Crippen molar-refractivity contribution in [3.63, 3.8) is 0 Å². The van der Waals surface area contributed by atoms with Gasteiger partial charge < -0.3 is 15.4 Å². The van der Waals surface area contributed by atoms with Crippen LogP contribution in [0.5, 0.6) is 0 Å². The third-order valence-electron chi connectivity index (χ3n) is 3.68. The van der Waals surface area contributed by atoms with Crippen molar-refractivity contribution in [2.75, 3.05) is 25.1 Å². The Labute approximate surface area is 107 Å². The summed E-state index contributed by atoms with van der Waals surface area (Å²) in [5.74, 6) is 0.579. The number of hydrogen-bond acceptors (Lipinski definition) is 3. The Kier molecular flexibility index (Phi) is 3.19. The largest absolute Gasteiger partial charge is 0.381 e. The van der Waals surface area contributed by atoms with E-state index in [4.69, 9.17) is 4.74 Å². The Hall–Kier alpha value is -1.55. The number of anilines is 1. The number of rotatable bonds is 3. The first-order valence-electron chi connectivity index (χ1n) is 6.53. The van der Waals surface area contributed by atoms with Crippen molar-refractivity contribution in [2.24, 2.45) is 5.92 Å². The van der Waals surface area contributed by atoms with Crippen LogP contribution < -0.4 is 10.6 Å². The van der Waals surface area contributed by atoms with Gasteiger partial charge in [0.05, 0.1) is 6.61 Å². The maximum Gasteiger partial charge on any atom is 0.242 e. The van der Waals surface area contributed by atoms with E-state index >= 15 is 0 Å². The molecule has 0 saturated carbocycles. The highest BCUT2D eigenvalue weighted by molar-refractivity contribution is 5.87. The van der Waals surface area contributed by atoms with Crippen LogP contribution >= 0.6 is 0 Å². The quantitative estimate of drug-likeness (QED) is 0.842. The van der Waals surface area contributed by atoms with Crippen LogP contribution in [0.2, 0.25) is 0 Å².